The second kappa shape index (κ2) is 8.39. The molecule has 0 saturated heterocycles. The lowest BCUT2D eigenvalue weighted by molar-refractivity contribution is -0.124. The van der Waals surface area contributed by atoms with E-state index in [1.165, 1.54) is 19.3 Å². The molecule has 0 radical (unpaired) electrons. The highest BCUT2D eigenvalue weighted by Gasteiger charge is 2.27. The molecule has 2 amide bonds. The molecule has 0 aliphatic heterocycles. The van der Waals surface area contributed by atoms with E-state index < -0.39 is 17.7 Å². The highest BCUT2D eigenvalue weighted by molar-refractivity contribution is 5.85. The van der Waals surface area contributed by atoms with Gasteiger partial charge >= 0.3 is 6.09 Å². The van der Waals surface area contributed by atoms with Crippen LogP contribution in [0.25, 0.3) is 0 Å². The standard InChI is InChI=1S/C17H32N2O3/c1-12(2)11-14(19-16(21)22-17(3,4)5)15(20)18-13-9-7-6-8-10-13/h12-14H,6-11H2,1-5H3,(H,18,20)(H,19,21). The molecule has 0 aromatic heterocycles. The zero-order valence-corrected chi connectivity index (χ0v) is 14.7. The van der Waals surface area contributed by atoms with Crippen LogP contribution in [0, 0.1) is 5.92 Å². The maximum Gasteiger partial charge on any atom is 0.408 e. The molecule has 0 aromatic rings. The predicted molar refractivity (Wildman–Crippen MR) is 87.6 cm³/mol. The van der Waals surface area contributed by atoms with E-state index in [0.717, 1.165) is 12.8 Å². The van der Waals surface area contributed by atoms with Crippen LogP contribution in [0.1, 0.15) is 73.1 Å². The van der Waals surface area contributed by atoms with Gasteiger partial charge < -0.3 is 15.4 Å². The van der Waals surface area contributed by atoms with Crippen LogP contribution in [-0.4, -0.2) is 29.7 Å². The molecule has 1 aliphatic rings. The first-order chi connectivity index (χ1) is 10.2. The number of carbonyl (C=O) groups is 2. The number of hydrogen-bond donors (Lipinski definition) is 2. The van der Waals surface area contributed by atoms with Crippen LogP contribution in [0.15, 0.2) is 0 Å². The van der Waals surface area contributed by atoms with E-state index in [0.29, 0.717) is 12.3 Å². The maximum atomic E-state index is 12.5. The largest absolute Gasteiger partial charge is 0.444 e. The smallest absolute Gasteiger partial charge is 0.408 e. The van der Waals surface area contributed by atoms with Gasteiger partial charge in [-0.05, 0) is 46.0 Å². The summed E-state index contributed by atoms with van der Waals surface area (Å²) in [5.74, 6) is 0.225. The summed E-state index contributed by atoms with van der Waals surface area (Å²) in [5, 5.41) is 5.80. The van der Waals surface area contributed by atoms with Crippen molar-refractivity contribution in [3.63, 3.8) is 0 Å². The van der Waals surface area contributed by atoms with Gasteiger partial charge in [-0.25, -0.2) is 4.79 Å². The SMILES string of the molecule is CC(C)CC(NC(=O)OC(C)(C)C)C(=O)NC1CCCCC1. The molecule has 1 aliphatic carbocycles. The molecule has 0 aromatic carbocycles. The van der Waals surface area contributed by atoms with Crippen molar-refractivity contribution in [1.82, 2.24) is 10.6 Å². The topological polar surface area (TPSA) is 67.4 Å². The lowest BCUT2D eigenvalue weighted by atomic mass is 9.94. The van der Waals surface area contributed by atoms with Crippen LogP contribution in [0.5, 0.6) is 0 Å². The molecule has 1 saturated carbocycles. The van der Waals surface area contributed by atoms with Crippen molar-refractivity contribution in [1.29, 1.82) is 0 Å². The van der Waals surface area contributed by atoms with Crippen LogP contribution < -0.4 is 10.6 Å². The second-order valence-electron chi connectivity index (χ2n) is 7.67. The third-order valence-corrected chi connectivity index (χ3v) is 3.67. The van der Waals surface area contributed by atoms with Gasteiger partial charge in [0.2, 0.25) is 5.91 Å². The first-order valence-corrected chi connectivity index (χ1v) is 8.47. The second-order valence-corrected chi connectivity index (χ2v) is 7.67. The Kier molecular flexibility index (Phi) is 7.17. The fraction of sp³-hybridized carbons (Fsp3) is 0.882. The summed E-state index contributed by atoms with van der Waals surface area (Å²) in [7, 11) is 0. The highest BCUT2D eigenvalue weighted by Crippen LogP contribution is 2.18. The average molecular weight is 312 g/mol. The first-order valence-electron chi connectivity index (χ1n) is 8.47. The quantitative estimate of drug-likeness (QED) is 0.818. The lowest BCUT2D eigenvalue weighted by Gasteiger charge is -2.27. The van der Waals surface area contributed by atoms with Crippen molar-refractivity contribution in [3.05, 3.63) is 0 Å². The molecule has 128 valence electrons. The first kappa shape index (κ1) is 18.8. The summed E-state index contributed by atoms with van der Waals surface area (Å²) in [4.78, 5) is 24.4. The summed E-state index contributed by atoms with van der Waals surface area (Å²) >= 11 is 0. The van der Waals surface area contributed by atoms with Crippen LogP contribution in [-0.2, 0) is 9.53 Å². The molecule has 1 unspecified atom stereocenters. The van der Waals surface area contributed by atoms with Gasteiger partial charge in [0, 0.05) is 6.04 Å². The molecule has 5 nitrogen and oxygen atoms in total. The number of alkyl carbamates (subject to hydrolysis) is 1. The molecule has 1 rings (SSSR count). The molecule has 2 N–H and O–H groups in total. The van der Waals surface area contributed by atoms with E-state index in [9.17, 15) is 9.59 Å². The molecule has 1 fully saturated rings. The Morgan fingerprint density at radius 3 is 2.23 bits per heavy atom. The summed E-state index contributed by atoms with van der Waals surface area (Å²) in [6.07, 6.45) is 5.73. The number of amides is 2. The number of ether oxygens (including phenoxy) is 1. The zero-order valence-electron chi connectivity index (χ0n) is 14.7. The lowest BCUT2D eigenvalue weighted by Crippen LogP contribution is -2.51. The van der Waals surface area contributed by atoms with Crippen molar-refractivity contribution in [2.24, 2.45) is 5.92 Å². The molecule has 22 heavy (non-hydrogen) atoms. The van der Waals surface area contributed by atoms with Crippen LogP contribution >= 0.6 is 0 Å². The van der Waals surface area contributed by atoms with Gasteiger partial charge in [-0.1, -0.05) is 33.1 Å². The monoisotopic (exact) mass is 312 g/mol. The summed E-state index contributed by atoms with van der Waals surface area (Å²) in [5.41, 5.74) is -0.563. The molecule has 0 spiro atoms. The summed E-state index contributed by atoms with van der Waals surface area (Å²) < 4.78 is 5.26. The van der Waals surface area contributed by atoms with Gasteiger partial charge in [0.15, 0.2) is 0 Å². The van der Waals surface area contributed by atoms with Gasteiger partial charge in [-0.2, -0.15) is 0 Å². The van der Waals surface area contributed by atoms with Gasteiger partial charge in [0.1, 0.15) is 11.6 Å². The molecule has 0 bridgehead atoms. The minimum atomic E-state index is -0.563. The normalized spacial score (nSPS) is 17.9. The van der Waals surface area contributed by atoms with Crippen molar-refractivity contribution in [2.75, 3.05) is 0 Å². The molecule has 1 atom stereocenters. The van der Waals surface area contributed by atoms with Crippen molar-refractivity contribution in [3.8, 4) is 0 Å². The van der Waals surface area contributed by atoms with E-state index in [-0.39, 0.29) is 11.9 Å². The fourth-order valence-corrected chi connectivity index (χ4v) is 2.70. The predicted octanol–water partition coefficient (Wildman–Crippen LogP) is 3.37. The number of hydrogen-bond acceptors (Lipinski definition) is 3. The van der Waals surface area contributed by atoms with E-state index in [1.807, 2.05) is 34.6 Å². The molecular weight excluding hydrogens is 280 g/mol. The Labute approximate surface area is 134 Å². The van der Waals surface area contributed by atoms with E-state index in [2.05, 4.69) is 10.6 Å². The number of carbonyl (C=O) groups excluding carboxylic acids is 2. The third kappa shape index (κ3) is 7.66. The third-order valence-electron chi connectivity index (χ3n) is 3.67. The summed E-state index contributed by atoms with van der Waals surface area (Å²) in [6, 6.07) is -0.284. The van der Waals surface area contributed by atoms with Gasteiger partial charge in [0.05, 0.1) is 0 Å². The van der Waals surface area contributed by atoms with Crippen molar-refractivity contribution >= 4 is 12.0 Å². The number of nitrogens with one attached hydrogen (secondary N) is 2. The van der Waals surface area contributed by atoms with Crippen molar-refractivity contribution < 1.29 is 14.3 Å². The molecule has 5 heteroatoms. The van der Waals surface area contributed by atoms with E-state index >= 15 is 0 Å². The number of rotatable bonds is 5. The van der Waals surface area contributed by atoms with Gasteiger partial charge in [-0.15, -0.1) is 0 Å². The van der Waals surface area contributed by atoms with Crippen molar-refractivity contribution in [2.45, 2.75) is 90.8 Å². The van der Waals surface area contributed by atoms with E-state index in [4.69, 9.17) is 4.74 Å². The van der Waals surface area contributed by atoms with Crippen LogP contribution in [0.2, 0.25) is 0 Å². The van der Waals surface area contributed by atoms with E-state index in [1.54, 1.807) is 0 Å². The Morgan fingerprint density at radius 1 is 1.14 bits per heavy atom. The molecular formula is C17H32N2O3. The Bertz CT molecular complexity index is 369. The Balaban J connectivity index is 2.58. The highest BCUT2D eigenvalue weighted by atomic mass is 16.6. The zero-order chi connectivity index (χ0) is 16.8. The van der Waals surface area contributed by atoms with Crippen LogP contribution in [0.3, 0.4) is 0 Å². The van der Waals surface area contributed by atoms with Crippen LogP contribution in [0.4, 0.5) is 4.79 Å². The van der Waals surface area contributed by atoms with Gasteiger partial charge in [0.25, 0.3) is 0 Å². The van der Waals surface area contributed by atoms with Gasteiger partial charge in [-0.3, -0.25) is 4.79 Å². The maximum absolute atomic E-state index is 12.5. The minimum Gasteiger partial charge on any atom is -0.444 e. The Morgan fingerprint density at radius 2 is 1.73 bits per heavy atom. The summed E-state index contributed by atoms with van der Waals surface area (Å²) in [6.45, 7) is 9.51. The fourth-order valence-electron chi connectivity index (χ4n) is 2.70. The molecule has 0 heterocycles. The average Bonchev–Trinajstić information content (AvgIpc) is 2.36. The Hall–Kier alpha value is -1.26. The minimum absolute atomic E-state index is 0.0912.